The van der Waals surface area contributed by atoms with E-state index in [-0.39, 0.29) is 42.2 Å². The first-order chi connectivity index (χ1) is 22.3. The summed E-state index contributed by atoms with van der Waals surface area (Å²) in [5.41, 5.74) is 0. The van der Waals surface area contributed by atoms with Gasteiger partial charge in [0.05, 0.1) is 31.0 Å². The molecule has 0 aromatic heterocycles. The quantitative estimate of drug-likeness (QED) is 0.288. The molecule has 2 saturated heterocycles. The van der Waals surface area contributed by atoms with Gasteiger partial charge in [-0.05, 0) is 39.5 Å². The lowest BCUT2D eigenvalue weighted by Gasteiger charge is -2.42. The predicted octanol–water partition coefficient (Wildman–Crippen LogP) is 3.36. The predicted molar refractivity (Wildman–Crippen MR) is 172 cm³/mol. The Hall–Kier alpha value is -1.74. The molecule has 2 N–H and O–H groups in total. The minimum absolute atomic E-state index is 0.0954. The van der Waals surface area contributed by atoms with Gasteiger partial charge in [0, 0.05) is 58.0 Å². The first kappa shape index (κ1) is 39.7. The van der Waals surface area contributed by atoms with Crippen LogP contribution >= 0.6 is 0 Å². The maximum atomic E-state index is 13.2. The second kappa shape index (κ2) is 18.9. The minimum atomic E-state index is -0.984. The molecule has 3 rings (SSSR count). The Morgan fingerprint density at radius 3 is 2.17 bits per heavy atom. The molecule has 3 aliphatic rings. The second-order valence-corrected chi connectivity index (χ2v) is 13.4. The highest BCUT2D eigenvalue weighted by molar-refractivity contribution is 5.82. The lowest BCUT2D eigenvalue weighted by atomic mass is 9.84. The molecule has 12 heteroatoms. The fraction of sp³-hybridized carbons (Fsp3) is 0.829. The molecule has 2 fully saturated rings. The number of hydrogen-bond donors (Lipinski definition) is 2. The van der Waals surface area contributed by atoms with Crippen LogP contribution in [0.25, 0.3) is 0 Å². The van der Waals surface area contributed by atoms with Crippen molar-refractivity contribution in [3.8, 4) is 0 Å². The molecule has 1 unspecified atom stereocenters. The molecule has 12 nitrogen and oxygen atoms in total. The lowest BCUT2D eigenvalue weighted by Crippen LogP contribution is -2.59. The molecule has 0 saturated carbocycles. The van der Waals surface area contributed by atoms with Crippen LogP contribution in [0.5, 0.6) is 0 Å². The number of ketones is 1. The van der Waals surface area contributed by atoms with E-state index in [0.717, 1.165) is 0 Å². The van der Waals surface area contributed by atoms with Gasteiger partial charge in [0.25, 0.3) is 0 Å². The largest absolute Gasteiger partial charge is 0.459 e. The van der Waals surface area contributed by atoms with Gasteiger partial charge in [0.2, 0.25) is 0 Å². The monoisotopic (exact) mass is 670 g/mol. The number of cyclic esters (lactones) is 1. The standard InChI is InChI=1S/C35H58O12/c1-19-14-15-28(37)45-23(5)25(18-43-35-33(42-9)32(41-8)29(38)24(6)46-35)12-10-11-13-26(36)20(2)16-21(3)31(19)47-34-30(39)27(40-7)17-22(4)44-34/h10,12,14-15,19-25,27,29-35,38-39H,11,13,16-18H2,1-9H3/b12-10+,15-14+/t19-,20?,21-,22+,23+,24+,25+,27-,29+,30+,31+,32+,33+,34-,35+/m0/s1. The maximum absolute atomic E-state index is 13.2. The number of hydrogen-bond acceptors (Lipinski definition) is 12. The number of ether oxygens (including phenoxy) is 8. The molecule has 0 amide bonds. The molecule has 47 heavy (non-hydrogen) atoms. The summed E-state index contributed by atoms with van der Waals surface area (Å²) in [6.45, 7) is 11.4. The maximum Gasteiger partial charge on any atom is 0.330 e. The van der Waals surface area contributed by atoms with Crippen LogP contribution in [-0.2, 0) is 47.5 Å². The van der Waals surface area contributed by atoms with E-state index in [2.05, 4.69) is 0 Å². The van der Waals surface area contributed by atoms with Crippen molar-refractivity contribution >= 4 is 11.8 Å². The van der Waals surface area contributed by atoms with Crippen molar-refractivity contribution in [1.82, 2.24) is 0 Å². The van der Waals surface area contributed by atoms with Gasteiger partial charge in [-0.2, -0.15) is 0 Å². The SMILES string of the molecule is CO[C@@H]1[C@H](O)[C@@H](C)O[C@@H](OC[C@H]2/C=C/CCC(=O)C(C)C[C@H](C)[C@H](O[C@@H]3O[C@H](C)C[C@H](OC)[C@H]3O)[C@@H](C)/C=C/C(=O)O[C@@H]2C)[C@@H]1OC. The van der Waals surface area contributed by atoms with Crippen LogP contribution < -0.4 is 0 Å². The zero-order chi connectivity index (χ0) is 34.8. The van der Waals surface area contributed by atoms with Gasteiger partial charge in [-0.15, -0.1) is 0 Å². The number of rotatable bonds is 8. The molecular formula is C35H58O12. The van der Waals surface area contributed by atoms with Crippen LogP contribution in [-0.4, -0.2) is 117 Å². The summed E-state index contributed by atoms with van der Waals surface area (Å²) in [4.78, 5) is 26.3. The Morgan fingerprint density at radius 1 is 0.809 bits per heavy atom. The number of aliphatic hydroxyl groups excluding tert-OH is 2. The van der Waals surface area contributed by atoms with Crippen LogP contribution in [0.4, 0.5) is 0 Å². The third-order valence-corrected chi connectivity index (χ3v) is 9.68. The summed E-state index contributed by atoms with van der Waals surface area (Å²) < 4.78 is 46.8. The van der Waals surface area contributed by atoms with E-state index < -0.39 is 67.4 Å². The van der Waals surface area contributed by atoms with E-state index in [1.165, 1.54) is 20.3 Å². The molecular weight excluding hydrogens is 612 g/mol. The fourth-order valence-electron chi connectivity index (χ4n) is 6.69. The molecule has 3 aliphatic heterocycles. The zero-order valence-electron chi connectivity index (χ0n) is 29.5. The summed E-state index contributed by atoms with van der Waals surface area (Å²) in [5.74, 6) is -1.35. The Kier molecular flexibility index (Phi) is 15.9. The van der Waals surface area contributed by atoms with Crippen LogP contribution in [0.1, 0.15) is 67.2 Å². The lowest BCUT2D eigenvalue weighted by molar-refractivity contribution is -0.304. The fourth-order valence-corrected chi connectivity index (χ4v) is 6.69. The van der Waals surface area contributed by atoms with Crippen molar-refractivity contribution in [2.75, 3.05) is 27.9 Å². The highest BCUT2D eigenvalue weighted by Gasteiger charge is 2.45. The van der Waals surface area contributed by atoms with Gasteiger partial charge in [-0.25, -0.2) is 4.79 Å². The van der Waals surface area contributed by atoms with E-state index in [1.54, 1.807) is 27.0 Å². The van der Waals surface area contributed by atoms with Crippen molar-refractivity contribution in [2.24, 2.45) is 23.7 Å². The third-order valence-electron chi connectivity index (χ3n) is 9.68. The van der Waals surface area contributed by atoms with Gasteiger partial charge < -0.3 is 48.1 Å². The van der Waals surface area contributed by atoms with Crippen molar-refractivity contribution < 1.29 is 57.7 Å². The minimum Gasteiger partial charge on any atom is -0.459 e. The van der Waals surface area contributed by atoms with Crippen molar-refractivity contribution in [3.63, 3.8) is 0 Å². The van der Waals surface area contributed by atoms with Gasteiger partial charge in [0.1, 0.15) is 36.3 Å². The molecule has 270 valence electrons. The van der Waals surface area contributed by atoms with Crippen LogP contribution in [0.2, 0.25) is 0 Å². The van der Waals surface area contributed by atoms with Crippen molar-refractivity contribution in [3.05, 3.63) is 24.3 Å². The topological polar surface area (TPSA) is 148 Å². The van der Waals surface area contributed by atoms with E-state index in [9.17, 15) is 19.8 Å². The second-order valence-electron chi connectivity index (χ2n) is 13.4. The van der Waals surface area contributed by atoms with E-state index in [1.807, 2.05) is 39.8 Å². The molecule has 0 aliphatic carbocycles. The smallest absolute Gasteiger partial charge is 0.330 e. The average molecular weight is 671 g/mol. The molecule has 0 aromatic rings. The number of carbonyl (C=O) groups is 2. The van der Waals surface area contributed by atoms with Gasteiger partial charge in [-0.1, -0.05) is 39.0 Å². The molecule has 3 heterocycles. The van der Waals surface area contributed by atoms with E-state index in [0.29, 0.717) is 25.7 Å². The average Bonchev–Trinajstić information content (AvgIpc) is 3.03. The number of allylic oxidation sites excluding steroid dienone is 1. The van der Waals surface area contributed by atoms with E-state index >= 15 is 0 Å². The highest BCUT2D eigenvalue weighted by atomic mass is 16.7. The number of aliphatic hydroxyl groups is 2. The summed E-state index contributed by atoms with van der Waals surface area (Å²) in [7, 11) is 4.55. The summed E-state index contributed by atoms with van der Waals surface area (Å²) in [6.07, 6.45) is 1.76. The van der Waals surface area contributed by atoms with E-state index in [4.69, 9.17) is 37.9 Å². The Bertz CT molecular complexity index is 1030. The summed E-state index contributed by atoms with van der Waals surface area (Å²) >= 11 is 0. The zero-order valence-corrected chi connectivity index (χ0v) is 29.5. The van der Waals surface area contributed by atoms with Crippen LogP contribution in [0.15, 0.2) is 24.3 Å². The molecule has 0 spiro atoms. The van der Waals surface area contributed by atoms with Crippen molar-refractivity contribution in [1.29, 1.82) is 0 Å². The summed E-state index contributed by atoms with van der Waals surface area (Å²) in [6, 6.07) is 0. The van der Waals surface area contributed by atoms with Crippen molar-refractivity contribution in [2.45, 2.75) is 135 Å². The molecule has 0 radical (unpaired) electrons. The van der Waals surface area contributed by atoms with Crippen LogP contribution in [0, 0.1) is 23.7 Å². The molecule has 0 aromatic carbocycles. The number of esters is 1. The number of Topliss-reactive ketones (excluding diaryl/α,β-unsaturated/α-hetero) is 1. The first-order valence-electron chi connectivity index (χ1n) is 16.9. The molecule has 0 bridgehead atoms. The Morgan fingerprint density at radius 2 is 1.51 bits per heavy atom. The first-order valence-corrected chi connectivity index (χ1v) is 16.9. The summed E-state index contributed by atoms with van der Waals surface area (Å²) in [5, 5.41) is 21.4. The van der Waals surface area contributed by atoms with Gasteiger partial charge in [-0.3, -0.25) is 4.79 Å². The Labute approximate surface area is 280 Å². The Balaban J connectivity index is 1.78. The number of methoxy groups -OCH3 is 3. The normalized spacial score (nSPS) is 44.4. The number of carbonyl (C=O) groups excluding carboxylic acids is 2. The highest BCUT2D eigenvalue weighted by Crippen LogP contribution is 2.32. The third kappa shape index (κ3) is 10.9. The van der Waals surface area contributed by atoms with Crippen LogP contribution in [0.3, 0.4) is 0 Å². The van der Waals surface area contributed by atoms with Gasteiger partial charge in [0.15, 0.2) is 12.6 Å². The molecule has 15 atom stereocenters. The van der Waals surface area contributed by atoms with Gasteiger partial charge >= 0.3 is 5.97 Å².